The summed E-state index contributed by atoms with van der Waals surface area (Å²) in [7, 11) is -3.72. The van der Waals surface area contributed by atoms with Crippen molar-refractivity contribution in [1.82, 2.24) is 9.29 Å². The summed E-state index contributed by atoms with van der Waals surface area (Å²) in [6.07, 6.45) is 0.839. The molecule has 3 rings (SSSR count). The van der Waals surface area contributed by atoms with Crippen LogP contribution in [0.5, 0.6) is 5.75 Å². The molecular weight excluding hydrogens is 396 g/mol. The Labute approximate surface area is 168 Å². The summed E-state index contributed by atoms with van der Waals surface area (Å²) in [4.78, 5) is 12.2. The number of aryl methyl sites for hydroxylation is 2. The van der Waals surface area contributed by atoms with E-state index >= 15 is 0 Å². The molecule has 1 heterocycles. The van der Waals surface area contributed by atoms with E-state index < -0.39 is 16.1 Å². The standard InChI is InChI=1S/C20H24N2O4S2/c1-4-11-22-17-10-9-16(12-19(17)27-20(22)23)28(24,25)21-15(3)13-26-18-8-6-5-7-14(18)2/h5-10,12,15,21H,4,11,13H2,1-3H3. The highest BCUT2D eigenvalue weighted by atomic mass is 32.2. The van der Waals surface area contributed by atoms with E-state index in [1.807, 2.05) is 38.1 Å². The van der Waals surface area contributed by atoms with Crippen LogP contribution in [0.4, 0.5) is 0 Å². The molecule has 0 saturated heterocycles. The van der Waals surface area contributed by atoms with E-state index in [-0.39, 0.29) is 16.4 Å². The molecule has 0 fully saturated rings. The van der Waals surface area contributed by atoms with Gasteiger partial charge in [0.1, 0.15) is 12.4 Å². The van der Waals surface area contributed by atoms with Gasteiger partial charge >= 0.3 is 4.87 Å². The molecule has 0 aliphatic carbocycles. The van der Waals surface area contributed by atoms with Gasteiger partial charge in [-0.3, -0.25) is 9.36 Å². The van der Waals surface area contributed by atoms with Crippen molar-refractivity contribution in [3.63, 3.8) is 0 Å². The Kier molecular flexibility index (Phi) is 6.22. The van der Waals surface area contributed by atoms with Gasteiger partial charge in [0.25, 0.3) is 0 Å². The molecule has 6 nitrogen and oxygen atoms in total. The topological polar surface area (TPSA) is 77.4 Å². The lowest BCUT2D eigenvalue weighted by Crippen LogP contribution is -2.36. The van der Waals surface area contributed by atoms with Gasteiger partial charge in [0.05, 0.1) is 21.2 Å². The molecule has 150 valence electrons. The van der Waals surface area contributed by atoms with Gasteiger partial charge in [-0.15, -0.1) is 0 Å². The van der Waals surface area contributed by atoms with Crippen LogP contribution in [0.15, 0.2) is 52.2 Å². The van der Waals surface area contributed by atoms with E-state index in [1.54, 1.807) is 23.6 Å². The number of hydrogen-bond acceptors (Lipinski definition) is 5. The number of rotatable bonds is 8. The molecule has 1 aromatic heterocycles. The van der Waals surface area contributed by atoms with E-state index in [0.29, 0.717) is 11.2 Å². The van der Waals surface area contributed by atoms with Gasteiger partial charge in [-0.2, -0.15) is 0 Å². The number of nitrogens with one attached hydrogen (secondary N) is 1. The molecule has 0 saturated carbocycles. The fourth-order valence-corrected chi connectivity index (χ4v) is 5.23. The summed E-state index contributed by atoms with van der Waals surface area (Å²) < 4.78 is 36.2. The predicted molar refractivity (Wildman–Crippen MR) is 113 cm³/mol. The Bertz CT molecular complexity index is 1130. The summed E-state index contributed by atoms with van der Waals surface area (Å²) >= 11 is 1.07. The lowest BCUT2D eigenvalue weighted by atomic mass is 10.2. The van der Waals surface area contributed by atoms with Gasteiger partial charge in [-0.25, -0.2) is 13.1 Å². The average Bonchev–Trinajstić information content (AvgIpc) is 2.96. The SMILES string of the molecule is CCCn1c(=O)sc2cc(S(=O)(=O)NC(C)COc3ccccc3C)ccc21. The van der Waals surface area contributed by atoms with Gasteiger partial charge in [0, 0.05) is 6.54 Å². The van der Waals surface area contributed by atoms with Crippen molar-refractivity contribution < 1.29 is 13.2 Å². The minimum absolute atomic E-state index is 0.0700. The highest BCUT2D eigenvalue weighted by molar-refractivity contribution is 7.89. The Morgan fingerprint density at radius 3 is 2.68 bits per heavy atom. The zero-order valence-corrected chi connectivity index (χ0v) is 17.8. The Morgan fingerprint density at radius 2 is 1.96 bits per heavy atom. The van der Waals surface area contributed by atoms with Crippen LogP contribution < -0.4 is 14.3 Å². The van der Waals surface area contributed by atoms with Crippen molar-refractivity contribution in [2.45, 2.75) is 44.7 Å². The third-order valence-electron chi connectivity index (χ3n) is 4.34. The average molecular weight is 421 g/mol. The number of sulfonamides is 1. The zero-order valence-electron chi connectivity index (χ0n) is 16.1. The minimum atomic E-state index is -3.72. The molecule has 0 aliphatic rings. The van der Waals surface area contributed by atoms with Crippen molar-refractivity contribution in [1.29, 1.82) is 0 Å². The van der Waals surface area contributed by atoms with Crippen LogP contribution in [0.1, 0.15) is 25.8 Å². The van der Waals surface area contributed by atoms with Gasteiger partial charge in [0.2, 0.25) is 10.0 Å². The number of aromatic nitrogens is 1. The van der Waals surface area contributed by atoms with Crippen LogP contribution in [-0.2, 0) is 16.6 Å². The molecule has 1 unspecified atom stereocenters. The van der Waals surface area contributed by atoms with Crippen LogP contribution in [-0.4, -0.2) is 25.6 Å². The molecule has 1 N–H and O–H groups in total. The third kappa shape index (κ3) is 4.45. The fraction of sp³-hybridized carbons (Fsp3) is 0.350. The molecule has 3 aromatic rings. The Hall–Kier alpha value is -2.16. The largest absolute Gasteiger partial charge is 0.492 e. The van der Waals surface area contributed by atoms with E-state index in [2.05, 4.69) is 4.72 Å². The maximum atomic E-state index is 12.7. The first-order valence-corrected chi connectivity index (χ1v) is 11.5. The number of hydrogen-bond donors (Lipinski definition) is 1. The number of para-hydroxylation sites is 1. The lowest BCUT2D eigenvalue weighted by Gasteiger charge is -2.16. The fourth-order valence-electron chi connectivity index (χ4n) is 2.95. The summed E-state index contributed by atoms with van der Waals surface area (Å²) in [6.45, 7) is 6.53. The Balaban J connectivity index is 1.75. The quantitative estimate of drug-likeness (QED) is 0.605. The normalized spacial score (nSPS) is 13.0. The van der Waals surface area contributed by atoms with E-state index in [1.165, 1.54) is 6.07 Å². The molecule has 0 amide bonds. The lowest BCUT2D eigenvalue weighted by molar-refractivity contribution is 0.286. The van der Waals surface area contributed by atoms with Gasteiger partial charge in [-0.1, -0.05) is 36.5 Å². The first kappa shape index (κ1) is 20.6. The van der Waals surface area contributed by atoms with Crippen molar-refractivity contribution in [2.24, 2.45) is 0 Å². The smallest absolute Gasteiger partial charge is 0.308 e. The van der Waals surface area contributed by atoms with E-state index in [4.69, 9.17) is 4.74 Å². The van der Waals surface area contributed by atoms with E-state index in [0.717, 1.165) is 34.6 Å². The summed E-state index contributed by atoms with van der Waals surface area (Å²) in [5, 5.41) is 0. The van der Waals surface area contributed by atoms with E-state index in [9.17, 15) is 13.2 Å². The van der Waals surface area contributed by atoms with Crippen molar-refractivity contribution in [3.8, 4) is 5.75 Å². The van der Waals surface area contributed by atoms with Gasteiger partial charge < -0.3 is 4.74 Å². The summed E-state index contributed by atoms with van der Waals surface area (Å²) in [5.41, 5.74) is 1.77. The number of fused-ring (bicyclic) bond motifs is 1. The van der Waals surface area contributed by atoms with Crippen LogP contribution >= 0.6 is 11.3 Å². The van der Waals surface area contributed by atoms with Gasteiger partial charge in [-0.05, 0) is 50.1 Å². The number of nitrogens with zero attached hydrogens (tertiary/aromatic N) is 1. The highest BCUT2D eigenvalue weighted by Gasteiger charge is 2.19. The molecule has 0 spiro atoms. The molecule has 8 heteroatoms. The highest BCUT2D eigenvalue weighted by Crippen LogP contribution is 2.22. The zero-order chi connectivity index (χ0) is 20.3. The first-order chi connectivity index (χ1) is 13.3. The van der Waals surface area contributed by atoms with Crippen molar-refractivity contribution in [3.05, 3.63) is 57.7 Å². The summed E-state index contributed by atoms with van der Waals surface area (Å²) in [6, 6.07) is 12.0. The molecule has 0 bridgehead atoms. The van der Waals surface area contributed by atoms with Crippen LogP contribution in [0.25, 0.3) is 10.2 Å². The minimum Gasteiger partial charge on any atom is -0.492 e. The molecular formula is C20H24N2O4S2. The molecule has 0 radical (unpaired) electrons. The monoisotopic (exact) mass is 420 g/mol. The van der Waals surface area contributed by atoms with Crippen molar-refractivity contribution >= 4 is 31.6 Å². The third-order valence-corrected chi connectivity index (χ3v) is 6.87. The Morgan fingerprint density at radius 1 is 1.21 bits per heavy atom. The van der Waals surface area contributed by atoms with Crippen molar-refractivity contribution in [2.75, 3.05) is 6.61 Å². The maximum absolute atomic E-state index is 12.7. The molecule has 0 aliphatic heterocycles. The maximum Gasteiger partial charge on any atom is 0.308 e. The second-order valence-corrected chi connectivity index (χ2v) is 9.46. The van der Waals surface area contributed by atoms with Gasteiger partial charge in [0.15, 0.2) is 0 Å². The first-order valence-electron chi connectivity index (χ1n) is 9.16. The summed E-state index contributed by atoms with van der Waals surface area (Å²) in [5.74, 6) is 0.733. The molecule has 1 atom stereocenters. The van der Waals surface area contributed by atoms with Crippen LogP contribution in [0.2, 0.25) is 0 Å². The van der Waals surface area contributed by atoms with Crippen LogP contribution in [0, 0.1) is 6.92 Å². The predicted octanol–water partition coefficient (Wildman–Crippen LogP) is 3.53. The second-order valence-electron chi connectivity index (χ2n) is 6.75. The second kappa shape index (κ2) is 8.46. The molecule has 2 aromatic carbocycles. The number of thiazole rings is 1. The number of benzene rings is 2. The molecule has 28 heavy (non-hydrogen) atoms. The van der Waals surface area contributed by atoms with Crippen LogP contribution in [0.3, 0.4) is 0 Å². The number of ether oxygens (including phenoxy) is 1.